The first-order valence-corrected chi connectivity index (χ1v) is 8.30. The van der Waals surface area contributed by atoms with Crippen LogP contribution in [0.5, 0.6) is 0 Å². The first-order valence-electron chi connectivity index (χ1n) is 6.33. The minimum absolute atomic E-state index is 0.0740. The largest absolute Gasteiger partial charge is 0.301 e. The van der Waals surface area contributed by atoms with Gasteiger partial charge in [0.05, 0.1) is 5.88 Å². The summed E-state index contributed by atoms with van der Waals surface area (Å²) in [6.45, 7) is 7.33. The molecule has 1 aliphatic heterocycles. The Bertz CT molecular complexity index is 535. The van der Waals surface area contributed by atoms with E-state index in [1.165, 1.54) is 4.31 Å². The number of nitrogens with zero attached hydrogens (tertiary/aromatic N) is 3. The molecule has 19 heavy (non-hydrogen) atoms. The summed E-state index contributed by atoms with van der Waals surface area (Å²) in [4.78, 5) is 2.23. The zero-order valence-electron chi connectivity index (χ0n) is 11.2. The fourth-order valence-corrected chi connectivity index (χ4v) is 4.20. The molecule has 2 rings (SSSR count). The predicted molar refractivity (Wildman–Crippen MR) is 73.8 cm³/mol. The molecule has 6 nitrogen and oxygen atoms in total. The van der Waals surface area contributed by atoms with E-state index >= 15 is 0 Å². The molecule has 1 aromatic rings. The van der Waals surface area contributed by atoms with Gasteiger partial charge in [-0.1, -0.05) is 6.92 Å². The van der Waals surface area contributed by atoms with E-state index in [9.17, 15) is 8.42 Å². The van der Waals surface area contributed by atoms with Crippen LogP contribution in [0.2, 0.25) is 0 Å². The van der Waals surface area contributed by atoms with Gasteiger partial charge in [-0.25, -0.2) is 8.42 Å². The van der Waals surface area contributed by atoms with E-state index in [1.807, 2.05) is 0 Å². The average Bonchev–Trinajstić information content (AvgIpc) is 2.80. The van der Waals surface area contributed by atoms with Gasteiger partial charge in [0, 0.05) is 37.4 Å². The van der Waals surface area contributed by atoms with Crippen molar-refractivity contribution >= 4 is 21.6 Å². The van der Waals surface area contributed by atoms with Crippen molar-refractivity contribution in [3.05, 3.63) is 11.3 Å². The quantitative estimate of drug-likeness (QED) is 0.835. The molecular weight excluding hydrogens is 288 g/mol. The number of sulfonamides is 1. The molecule has 1 aromatic heterocycles. The monoisotopic (exact) mass is 306 g/mol. The zero-order valence-corrected chi connectivity index (χ0v) is 12.8. The number of halogens is 1. The van der Waals surface area contributed by atoms with Crippen LogP contribution >= 0.6 is 11.6 Å². The van der Waals surface area contributed by atoms with Crippen molar-refractivity contribution in [1.82, 2.24) is 19.4 Å². The Morgan fingerprint density at radius 1 is 1.32 bits per heavy atom. The van der Waals surface area contributed by atoms with Gasteiger partial charge in [-0.15, -0.1) is 11.6 Å². The lowest BCUT2D eigenvalue weighted by Crippen LogP contribution is -2.48. The molecular formula is C11H19ClN4O2S. The maximum Gasteiger partial charge on any atom is 0.262 e. The molecule has 0 aliphatic carbocycles. The summed E-state index contributed by atoms with van der Waals surface area (Å²) in [5.74, 6) is 0.145. The maximum atomic E-state index is 12.5. The summed E-state index contributed by atoms with van der Waals surface area (Å²) in [7, 11) is -3.54. The van der Waals surface area contributed by atoms with Crippen LogP contribution in [0.15, 0.2) is 5.03 Å². The molecule has 8 heteroatoms. The lowest BCUT2D eigenvalue weighted by molar-refractivity contribution is 0.196. The number of aromatic amines is 1. The molecule has 1 saturated heterocycles. The number of likely N-dealkylation sites (N-methyl/N-ethyl adjacent to an activating group) is 1. The Hall–Kier alpha value is -0.630. The first kappa shape index (κ1) is 14.8. The number of piperazine rings is 1. The minimum Gasteiger partial charge on any atom is -0.301 e. The highest BCUT2D eigenvalue weighted by molar-refractivity contribution is 7.89. The highest BCUT2D eigenvalue weighted by atomic mass is 35.5. The Kier molecular flexibility index (Phi) is 4.50. The van der Waals surface area contributed by atoms with E-state index in [1.54, 1.807) is 6.92 Å². The Labute approximate surface area is 118 Å². The topological polar surface area (TPSA) is 69.3 Å². The van der Waals surface area contributed by atoms with Crippen molar-refractivity contribution < 1.29 is 8.42 Å². The predicted octanol–water partition coefficient (Wildman–Crippen LogP) is 0.783. The summed E-state index contributed by atoms with van der Waals surface area (Å²) >= 11 is 5.82. The number of hydrogen-bond donors (Lipinski definition) is 1. The lowest BCUT2D eigenvalue weighted by Gasteiger charge is -2.32. The third kappa shape index (κ3) is 2.79. The van der Waals surface area contributed by atoms with Crippen molar-refractivity contribution in [3.8, 4) is 0 Å². The van der Waals surface area contributed by atoms with Crippen LogP contribution in [0, 0.1) is 6.92 Å². The van der Waals surface area contributed by atoms with Crippen molar-refractivity contribution in [2.75, 3.05) is 32.7 Å². The van der Waals surface area contributed by atoms with Gasteiger partial charge in [0.15, 0.2) is 5.03 Å². The molecule has 108 valence electrons. The molecule has 0 unspecified atom stereocenters. The molecule has 1 N–H and O–H groups in total. The Balaban J connectivity index is 2.23. The number of aryl methyl sites for hydroxylation is 1. The van der Waals surface area contributed by atoms with Crippen molar-refractivity contribution in [2.45, 2.75) is 24.8 Å². The number of nitrogens with one attached hydrogen (secondary N) is 1. The van der Waals surface area contributed by atoms with Crippen LogP contribution in [0.4, 0.5) is 0 Å². The van der Waals surface area contributed by atoms with E-state index in [4.69, 9.17) is 11.6 Å². The highest BCUT2D eigenvalue weighted by Gasteiger charge is 2.32. The summed E-state index contributed by atoms with van der Waals surface area (Å²) in [6.07, 6.45) is 0. The van der Waals surface area contributed by atoms with Crippen LogP contribution in [-0.4, -0.2) is 60.5 Å². The van der Waals surface area contributed by atoms with E-state index < -0.39 is 10.0 Å². The van der Waals surface area contributed by atoms with E-state index in [0.717, 1.165) is 19.6 Å². The van der Waals surface area contributed by atoms with Crippen molar-refractivity contribution in [1.29, 1.82) is 0 Å². The Morgan fingerprint density at radius 2 is 1.95 bits per heavy atom. The first-order chi connectivity index (χ1) is 9.00. The van der Waals surface area contributed by atoms with Gasteiger partial charge >= 0.3 is 0 Å². The molecule has 0 spiro atoms. The summed E-state index contributed by atoms with van der Waals surface area (Å²) in [5.41, 5.74) is 1.28. The number of H-pyrrole nitrogens is 1. The SMILES string of the molecule is CCN1CCN(S(=O)(=O)c2n[nH]c(C)c2CCl)CC1. The van der Waals surface area contributed by atoms with Crippen molar-refractivity contribution in [3.63, 3.8) is 0 Å². The number of alkyl halides is 1. The van der Waals surface area contributed by atoms with Crippen LogP contribution in [0.3, 0.4) is 0 Å². The molecule has 0 radical (unpaired) electrons. The molecule has 1 fully saturated rings. The van der Waals surface area contributed by atoms with Crippen LogP contribution in [0.25, 0.3) is 0 Å². The minimum atomic E-state index is -3.54. The second-order valence-electron chi connectivity index (χ2n) is 4.60. The molecule has 2 heterocycles. The second kappa shape index (κ2) is 5.78. The summed E-state index contributed by atoms with van der Waals surface area (Å²) in [5, 5.41) is 6.70. The van der Waals surface area contributed by atoms with Gasteiger partial charge in [0.1, 0.15) is 0 Å². The van der Waals surface area contributed by atoms with Crippen LogP contribution in [0.1, 0.15) is 18.2 Å². The maximum absolute atomic E-state index is 12.5. The summed E-state index contributed by atoms with van der Waals surface area (Å²) < 4.78 is 26.6. The standard InChI is InChI=1S/C11H19ClN4O2S/c1-3-15-4-6-16(7-5-15)19(17,18)11-10(8-12)9(2)13-14-11/h3-8H2,1-2H3,(H,13,14). The average molecular weight is 307 g/mol. The highest BCUT2D eigenvalue weighted by Crippen LogP contribution is 2.22. The normalized spacial score (nSPS) is 18.9. The Morgan fingerprint density at radius 3 is 2.47 bits per heavy atom. The van der Waals surface area contributed by atoms with Crippen molar-refractivity contribution in [2.24, 2.45) is 0 Å². The molecule has 0 bridgehead atoms. The molecule has 0 aromatic carbocycles. The number of aromatic nitrogens is 2. The fourth-order valence-electron chi connectivity index (χ4n) is 2.21. The molecule has 1 aliphatic rings. The third-order valence-electron chi connectivity index (χ3n) is 3.53. The van der Waals surface area contributed by atoms with Gasteiger partial charge in [0.2, 0.25) is 0 Å². The molecule has 0 atom stereocenters. The van der Waals surface area contributed by atoms with E-state index in [0.29, 0.717) is 24.3 Å². The van der Waals surface area contributed by atoms with Gasteiger partial charge in [-0.3, -0.25) is 5.10 Å². The third-order valence-corrected chi connectivity index (χ3v) is 5.67. The molecule has 0 saturated carbocycles. The van der Waals surface area contributed by atoms with E-state index in [-0.39, 0.29) is 10.9 Å². The van der Waals surface area contributed by atoms with Gasteiger partial charge < -0.3 is 4.90 Å². The molecule has 0 amide bonds. The van der Waals surface area contributed by atoms with Gasteiger partial charge in [0.25, 0.3) is 10.0 Å². The fraction of sp³-hybridized carbons (Fsp3) is 0.727. The number of hydrogen-bond acceptors (Lipinski definition) is 4. The second-order valence-corrected chi connectivity index (χ2v) is 6.72. The summed E-state index contributed by atoms with van der Waals surface area (Å²) in [6, 6.07) is 0. The van der Waals surface area contributed by atoms with Gasteiger partial charge in [-0.05, 0) is 13.5 Å². The van der Waals surface area contributed by atoms with Gasteiger partial charge in [-0.2, -0.15) is 9.40 Å². The van der Waals surface area contributed by atoms with E-state index in [2.05, 4.69) is 22.0 Å². The van der Waals surface area contributed by atoms with Crippen LogP contribution < -0.4 is 0 Å². The number of rotatable bonds is 4. The van der Waals surface area contributed by atoms with Crippen LogP contribution in [-0.2, 0) is 15.9 Å². The smallest absolute Gasteiger partial charge is 0.262 e. The lowest BCUT2D eigenvalue weighted by atomic mass is 10.3. The zero-order chi connectivity index (χ0) is 14.0.